The van der Waals surface area contributed by atoms with Crippen LogP contribution in [0.25, 0.3) is 5.69 Å². The molecule has 8 heteroatoms. The van der Waals surface area contributed by atoms with E-state index in [9.17, 15) is 4.79 Å². The summed E-state index contributed by atoms with van der Waals surface area (Å²) in [7, 11) is 4.05. The predicted octanol–water partition coefficient (Wildman–Crippen LogP) is 4.25. The highest BCUT2D eigenvalue weighted by molar-refractivity contribution is 7.99. The summed E-state index contributed by atoms with van der Waals surface area (Å²) in [6.07, 6.45) is 3.87. The van der Waals surface area contributed by atoms with Crippen LogP contribution in [0.5, 0.6) is 0 Å². The minimum atomic E-state index is 0.0766. The van der Waals surface area contributed by atoms with Crippen molar-refractivity contribution in [1.29, 1.82) is 0 Å². The number of anilines is 1. The smallest absolute Gasteiger partial charge is 0.233 e. The fourth-order valence-electron chi connectivity index (χ4n) is 4.09. The van der Waals surface area contributed by atoms with E-state index in [4.69, 9.17) is 4.74 Å². The molecule has 0 bridgehead atoms. The SMILES string of the molecule is Cc1ccc(C)c(-n2cnnc2SCC(=O)N(Cc2ccc(N(C)C)cc2)CC2CCCO2)c1. The van der Waals surface area contributed by atoms with E-state index < -0.39 is 0 Å². The van der Waals surface area contributed by atoms with Crippen molar-refractivity contribution in [1.82, 2.24) is 19.7 Å². The van der Waals surface area contributed by atoms with E-state index in [0.717, 1.165) is 47.1 Å². The van der Waals surface area contributed by atoms with Crippen LogP contribution in [0.3, 0.4) is 0 Å². The minimum absolute atomic E-state index is 0.0766. The van der Waals surface area contributed by atoms with Gasteiger partial charge in [0.2, 0.25) is 5.91 Å². The zero-order valence-corrected chi connectivity index (χ0v) is 21.2. The van der Waals surface area contributed by atoms with Crippen molar-refractivity contribution in [2.24, 2.45) is 0 Å². The number of nitrogens with zero attached hydrogens (tertiary/aromatic N) is 5. The van der Waals surface area contributed by atoms with Gasteiger partial charge in [0.05, 0.1) is 17.5 Å². The van der Waals surface area contributed by atoms with Gasteiger partial charge in [0.25, 0.3) is 0 Å². The quantitative estimate of drug-likeness (QED) is 0.428. The molecule has 180 valence electrons. The standard InChI is InChI=1S/C26H33N5O2S/c1-19-7-8-20(2)24(14-19)31-18-27-28-26(31)34-17-25(32)30(16-23-6-5-13-33-23)15-21-9-11-22(12-10-21)29(3)4/h7-12,14,18,23H,5-6,13,15-17H2,1-4H3. The highest BCUT2D eigenvalue weighted by Crippen LogP contribution is 2.24. The predicted molar refractivity (Wildman–Crippen MR) is 137 cm³/mol. The Morgan fingerprint density at radius 3 is 2.68 bits per heavy atom. The lowest BCUT2D eigenvalue weighted by Crippen LogP contribution is -2.38. The summed E-state index contributed by atoms with van der Waals surface area (Å²) in [5, 5.41) is 9.11. The molecule has 0 radical (unpaired) electrons. The van der Waals surface area contributed by atoms with E-state index in [-0.39, 0.29) is 12.0 Å². The van der Waals surface area contributed by atoms with E-state index in [1.807, 2.05) is 23.6 Å². The van der Waals surface area contributed by atoms with Gasteiger partial charge in [-0.1, -0.05) is 36.0 Å². The second kappa shape index (κ2) is 11.1. The highest BCUT2D eigenvalue weighted by Gasteiger charge is 2.23. The summed E-state index contributed by atoms with van der Waals surface area (Å²) in [5.41, 5.74) is 5.60. The highest BCUT2D eigenvalue weighted by atomic mass is 32.2. The van der Waals surface area contributed by atoms with Crippen LogP contribution in [-0.4, -0.2) is 64.7 Å². The molecule has 4 rings (SSSR count). The third kappa shape index (κ3) is 5.98. The lowest BCUT2D eigenvalue weighted by Gasteiger charge is -2.26. The molecule has 1 saturated heterocycles. The molecular weight excluding hydrogens is 446 g/mol. The number of benzene rings is 2. The fourth-order valence-corrected chi connectivity index (χ4v) is 4.92. The van der Waals surface area contributed by atoms with Crippen molar-refractivity contribution < 1.29 is 9.53 Å². The van der Waals surface area contributed by atoms with Crippen molar-refractivity contribution in [2.75, 3.05) is 37.9 Å². The zero-order valence-electron chi connectivity index (χ0n) is 20.4. The molecule has 3 aromatic rings. The van der Waals surface area contributed by atoms with Crippen molar-refractivity contribution in [2.45, 2.75) is 44.5 Å². The number of aryl methyl sites for hydroxylation is 2. The number of ether oxygens (including phenoxy) is 1. The first-order chi connectivity index (χ1) is 16.4. The molecule has 1 amide bonds. The number of carbonyl (C=O) groups is 1. The van der Waals surface area contributed by atoms with Gasteiger partial charge in [0.15, 0.2) is 5.16 Å². The van der Waals surface area contributed by atoms with Gasteiger partial charge in [-0.25, -0.2) is 0 Å². The Balaban J connectivity index is 1.46. The second-order valence-corrected chi connectivity index (χ2v) is 9.97. The molecule has 0 spiro atoms. The normalized spacial score (nSPS) is 15.5. The Labute approximate surface area is 206 Å². The van der Waals surface area contributed by atoms with Gasteiger partial charge in [-0.2, -0.15) is 0 Å². The molecule has 34 heavy (non-hydrogen) atoms. The van der Waals surface area contributed by atoms with Gasteiger partial charge < -0.3 is 14.5 Å². The average molecular weight is 480 g/mol. The third-order valence-electron chi connectivity index (χ3n) is 6.09. The van der Waals surface area contributed by atoms with Crippen molar-refractivity contribution >= 4 is 23.4 Å². The number of carbonyl (C=O) groups excluding carboxylic acids is 1. The number of rotatable bonds is 9. The van der Waals surface area contributed by atoms with E-state index in [1.165, 1.54) is 17.3 Å². The minimum Gasteiger partial charge on any atom is -0.378 e. The molecule has 1 aliphatic rings. The second-order valence-electron chi connectivity index (χ2n) is 9.03. The van der Waals surface area contributed by atoms with Crippen LogP contribution in [-0.2, 0) is 16.1 Å². The number of hydrogen-bond donors (Lipinski definition) is 0. The maximum absolute atomic E-state index is 13.4. The monoisotopic (exact) mass is 479 g/mol. The first-order valence-electron chi connectivity index (χ1n) is 11.7. The average Bonchev–Trinajstić information content (AvgIpc) is 3.51. The van der Waals surface area contributed by atoms with Gasteiger partial charge in [-0.15, -0.1) is 10.2 Å². The molecule has 1 atom stereocenters. The topological polar surface area (TPSA) is 63.5 Å². The van der Waals surface area contributed by atoms with Gasteiger partial charge in [-0.3, -0.25) is 9.36 Å². The summed E-state index contributed by atoms with van der Waals surface area (Å²) in [5.74, 6) is 0.374. The first kappa shape index (κ1) is 24.3. The largest absolute Gasteiger partial charge is 0.378 e. The molecule has 1 aromatic heterocycles. The Morgan fingerprint density at radius 2 is 1.97 bits per heavy atom. The Morgan fingerprint density at radius 1 is 1.18 bits per heavy atom. The van der Waals surface area contributed by atoms with E-state index in [0.29, 0.717) is 18.8 Å². The zero-order chi connectivity index (χ0) is 24.1. The molecule has 0 saturated carbocycles. The first-order valence-corrected chi connectivity index (χ1v) is 12.7. The maximum Gasteiger partial charge on any atom is 0.233 e. The molecule has 1 aliphatic heterocycles. The lowest BCUT2D eigenvalue weighted by molar-refractivity contribution is -0.130. The van der Waals surface area contributed by atoms with Gasteiger partial charge >= 0.3 is 0 Å². The number of aromatic nitrogens is 3. The number of amides is 1. The summed E-state index contributed by atoms with van der Waals surface area (Å²) in [4.78, 5) is 17.4. The maximum atomic E-state index is 13.4. The summed E-state index contributed by atoms with van der Waals surface area (Å²) >= 11 is 1.43. The van der Waals surface area contributed by atoms with Gasteiger partial charge in [-0.05, 0) is 61.6 Å². The van der Waals surface area contributed by atoms with Crippen LogP contribution in [0.15, 0.2) is 53.9 Å². The Kier molecular flexibility index (Phi) is 7.90. The molecule has 2 heterocycles. The van der Waals surface area contributed by atoms with Crippen LogP contribution in [0.4, 0.5) is 5.69 Å². The summed E-state index contributed by atoms with van der Waals surface area (Å²) in [6.45, 7) is 6.09. The van der Waals surface area contributed by atoms with Crippen LogP contribution in [0.2, 0.25) is 0 Å². The lowest BCUT2D eigenvalue weighted by atomic mass is 10.1. The van der Waals surface area contributed by atoms with Crippen LogP contribution in [0.1, 0.15) is 29.5 Å². The molecular formula is C26H33N5O2S. The molecule has 1 fully saturated rings. The molecule has 0 aliphatic carbocycles. The Bertz CT molecular complexity index is 1110. The van der Waals surface area contributed by atoms with Crippen LogP contribution in [0, 0.1) is 13.8 Å². The van der Waals surface area contributed by atoms with Crippen LogP contribution >= 0.6 is 11.8 Å². The van der Waals surface area contributed by atoms with Crippen molar-refractivity contribution in [3.05, 3.63) is 65.5 Å². The summed E-state index contributed by atoms with van der Waals surface area (Å²) < 4.78 is 7.80. The fraction of sp³-hybridized carbons (Fsp3) is 0.423. The van der Waals surface area contributed by atoms with E-state index in [2.05, 4.69) is 71.4 Å². The molecule has 0 N–H and O–H groups in total. The molecule has 2 aromatic carbocycles. The number of thioether (sulfide) groups is 1. The van der Waals surface area contributed by atoms with Gasteiger partial charge in [0, 0.05) is 39.5 Å². The van der Waals surface area contributed by atoms with Gasteiger partial charge in [0.1, 0.15) is 6.33 Å². The summed E-state index contributed by atoms with van der Waals surface area (Å²) in [6, 6.07) is 14.7. The molecule has 7 nitrogen and oxygen atoms in total. The van der Waals surface area contributed by atoms with Crippen molar-refractivity contribution in [3.8, 4) is 5.69 Å². The number of hydrogen-bond acceptors (Lipinski definition) is 6. The van der Waals surface area contributed by atoms with Crippen LogP contribution < -0.4 is 4.90 Å². The van der Waals surface area contributed by atoms with Crippen molar-refractivity contribution in [3.63, 3.8) is 0 Å². The van der Waals surface area contributed by atoms with E-state index >= 15 is 0 Å². The Hall–Kier alpha value is -2.84. The van der Waals surface area contributed by atoms with E-state index in [1.54, 1.807) is 6.33 Å². The third-order valence-corrected chi connectivity index (χ3v) is 7.02. The molecule has 1 unspecified atom stereocenters.